The Kier molecular flexibility index (Phi) is 4.00. The Balaban J connectivity index is 1.90. The third-order valence-corrected chi connectivity index (χ3v) is 3.45. The van der Waals surface area contributed by atoms with Gasteiger partial charge in [0, 0.05) is 5.56 Å². The molecule has 0 unspecified atom stereocenters. The van der Waals surface area contributed by atoms with Crippen LogP contribution in [0.15, 0.2) is 48.5 Å². The number of rotatable bonds is 3. The van der Waals surface area contributed by atoms with E-state index in [9.17, 15) is 5.26 Å². The first-order valence-corrected chi connectivity index (χ1v) is 7.25. The van der Waals surface area contributed by atoms with Crippen LogP contribution in [-0.4, -0.2) is 9.97 Å². The van der Waals surface area contributed by atoms with Crippen molar-refractivity contribution >= 4 is 11.8 Å². The topological polar surface area (TPSA) is 111 Å². The Hall–Kier alpha value is -3.59. The lowest BCUT2D eigenvalue weighted by molar-refractivity contribution is 0.482. The molecule has 0 bridgehead atoms. The molecule has 6 heteroatoms. The fraction of sp³-hybridized carbons (Fsp3) is 0.0556. The molecule has 0 atom stereocenters. The quantitative estimate of drug-likeness (QED) is 0.767. The monoisotopic (exact) mass is 317 g/mol. The SMILES string of the molecule is Cc1ccc(Oc2ccc(-c3nc(N)nc(N)c3C#N)cc2)cc1. The first-order chi connectivity index (χ1) is 11.6. The van der Waals surface area contributed by atoms with E-state index in [1.807, 2.05) is 37.3 Å². The van der Waals surface area contributed by atoms with Crippen molar-refractivity contribution in [2.75, 3.05) is 11.5 Å². The zero-order chi connectivity index (χ0) is 17.1. The fourth-order valence-corrected chi connectivity index (χ4v) is 2.24. The van der Waals surface area contributed by atoms with Crippen LogP contribution in [0.3, 0.4) is 0 Å². The summed E-state index contributed by atoms with van der Waals surface area (Å²) in [4.78, 5) is 7.93. The molecule has 1 heterocycles. The summed E-state index contributed by atoms with van der Waals surface area (Å²) in [6.45, 7) is 2.02. The Bertz CT molecular complexity index is 912. The first kappa shape index (κ1) is 15.3. The molecule has 118 valence electrons. The van der Waals surface area contributed by atoms with Crippen LogP contribution in [0.25, 0.3) is 11.3 Å². The molecule has 4 N–H and O–H groups in total. The van der Waals surface area contributed by atoms with Gasteiger partial charge < -0.3 is 16.2 Å². The summed E-state index contributed by atoms with van der Waals surface area (Å²) in [6, 6.07) is 17.0. The highest BCUT2D eigenvalue weighted by Gasteiger charge is 2.13. The normalized spacial score (nSPS) is 10.2. The maximum atomic E-state index is 9.25. The summed E-state index contributed by atoms with van der Waals surface area (Å²) < 4.78 is 5.78. The standard InChI is InChI=1S/C18H15N5O/c1-11-2-6-13(7-3-11)24-14-8-4-12(5-9-14)16-15(10-19)17(20)23-18(21)22-16/h2-9H,1H3,(H4,20,21,22,23). The van der Waals surface area contributed by atoms with Crippen LogP contribution in [0.1, 0.15) is 11.1 Å². The molecule has 3 rings (SSSR count). The maximum absolute atomic E-state index is 9.25. The number of ether oxygens (including phenoxy) is 1. The molecule has 0 spiro atoms. The van der Waals surface area contributed by atoms with Gasteiger partial charge in [-0.3, -0.25) is 0 Å². The van der Waals surface area contributed by atoms with E-state index in [1.165, 1.54) is 5.56 Å². The van der Waals surface area contributed by atoms with E-state index >= 15 is 0 Å². The Labute approximate surface area is 139 Å². The van der Waals surface area contributed by atoms with Crippen LogP contribution in [0, 0.1) is 18.3 Å². The molecule has 0 saturated carbocycles. The van der Waals surface area contributed by atoms with Crippen molar-refractivity contribution in [3.8, 4) is 28.8 Å². The third-order valence-electron chi connectivity index (χ3n) is 3.45. The lowest BCUT2D eigenvalue weighted by atomic mass is 10.1. The van der Waals surface area contributed by atoms with E-state index in [-0.39, 0.29) is 17.3 Å². The first-order valence-electron chi connectivity index (χ1n) is 7.25. The van der Waals surface area contributed by atoms with Gasteiger partial charge >= 0.3 is 0 Å². The lowest BCUT2D eigenvalue weighted by Crippen LogP contribution is -2.04. The van der Waals surface area contributed by atoms with E-state index in [1.54, 1.807) is 24.3 Å². The highest BCUT2D eigenvalue weighted by Crippen LogP contribution is 2.28. The minimum atomic E-state index is 0.0291. The van der Waals surface area contributed by atoms with Crippen LogP contribution >= 0.6 is 0 Å². The zero-order valence-electron chi connectivity index (χ0n) is 13.0. The van der Waals surface area contributed by atoms with Gasteiger partial charge in [0.1, 0.15) is 28.9 Å². The number of anilines is 2. The van der Waals surface area contributed by atoms with Gasteiger partial charge in [0.2, 0.25) is 5.95 Å². The zero-order valence-corrected chi connectivity index (χ0v) is 13.0. The summed E-state index contributed by atoms with van der Waals surface area (Å²) in [6.07, 6.45) is 0. The van der Waals surface area contributed by atoms with Gasteiger partial charge in [0.25, 0.3) is 0 Å². The van der Waals surface area contributed by atoms with Gasteiger partial charge in [0.05, 0.1) is 5.69 Å². The van der Waals surface area contributed by atoms with E-state index < -0.39 is 0 Å². The Morgan fingerprint density at radius 2 is 1.50 bits per heavy atom. The molecule has 0 aliphatic carbocycles. The molecule has 0 aliphatic heterocycles. The van der Waals surface area contributed by atoms with Crippen molar-refractivity contribution in [2.24, 2.45) is 0 Å². The van der Waals surface area contributed by atoms with Gasteiger partial charge in [-0.2, -0.15) is 10.2 Å². The second-order valence-electron chi connectivity index (χ2n) is 5.24. The number of nitrogens with zero attached hydrogens (tertiary/aromatic N) is 3. The van der Waals surface area contributed by atoms with Crippen LogP contribution in [0.5, 0.6) is 11.5 Å². The molecule has 6 nitrogen and oxygen atoms in total. The van der Waals surface area contributed by atoms with Gasteiger partial charge in [0.15, 0.2) is 0 Å². The van der Waals surface area contributed by atoms with Crippen molar-refractivity contribution in [1.82, 2.24) is 9.97 Å². The molecule has 2 aromatic carbocycles. The van der Waals surface area contributed by atoms with E-state index in [2.05, 4.69) is 9.97 Å². The minimum Gasteiger partial charge on any atom is -0.457 e. The van der Waals surface area contributed by atoms with Gasteiger partial charge in [-0.05, 0) is 43.3 Å². The lowest BCUT2D eigenvalue weighted by Gasteiger charge is -2.09. The number of nitrogens with two attached hydrogens (primary N) is 2. The number of hydrogen-bond donors (Lipinski definition) is 2. The number of aryl methyl sites for hydroxylation is 1. The molecular formula is C18H15N5O. The third kappa shape index (κ3) is 3.10. The molecule has 0 amide bonds. The summed E-state index contributed by atoms with van der Waals surface area (Å²) in [5.74, 6) is 1.53. The van der Waals surface area contributed by atoms with Gasteiger partial charge in [-0.1, -0.05) is 17.7 Å². The van der Waals surface area contributed by atoms with E-state index in [0.29, 0.717) is 17.0 Å². The van der Waals surface area contributed by atoms with Crippen LogP contribution < -0.4 is 16.2 Å². The highest BCUT2D eigenvalue weighted by atomic mass is 16.5. The second kappa shape index (κ2) is 6.26. The van der Waals surface area contributed by atoms with Crippen LogP contribution in [0.4, 0.5) is 11.8 Å². The predicted molar refractivity (Wildman–Crippen MR) is 92.3 cm³/mol. The molecule has 24 heavy (non-hydrogen) atoms. The number of nitrogen functional groups attached to an aromatic ring is 2. The molecule has 0 aliphatic rings. The largest absolute Gasteiger partial charge is 0.457 e. The Morgan fingerprint density at radius 1 is 0.917 bits per heavy atom. The van der Waals surface area contributed by atoms with E-state index in [0.717, 1.165) is 5.75 Å². The summed E-state index contributed by atoms with van der Waals surface area (Å²) in [5, 5.41) is 9.25. The van der Waals surface area contributed by atoms with Crippen molar-refractivity contribution < 1.29 is 4.74 Å². The average Bonchev–Trinajstić information content (AvgIpc) is 2.57. The number of aromatic nitrogens is 2. The number of hydrogen-bond acceptors (Lipinski definition) is 6. The summed E-state index contributed by atoms with van der Waals surface area (Å²) >= 11 is 0. The smallest absolute Gasteiger partial charge is 0.222 e. The molecule has 0 saturated heterocycles. The summed E-state index contributed by atoms with van der Waals surface area (Å²) in [5.41, 5.74) is 13.9. The van der Waals surface area contributed by atoms with Gasteiger partial charge in [-0.25, -0.2) is 4.98 Å². The van der Waals surface area contributed by atoms with Crippen molar-refractivity contribution in [2.45, 2.75) is 6.92 Å². The summed E-state index contributed by atoms with van der Waals surface area (Å²) in [7, 11) is 0. The fourth-order valence-electron chi connectivity index (χ4n) is 2.24. The Morgan fingerprint density at radius 3 is 2.08 bits per heavy atom. The molecule has 3 aromatic rings. The van der Waals surface area contributed by atoms with Gasteiger partial charge in [-0.15, -0.1) is 0 Å². The molecular weight excluding hydrogens is 302 g/mol. The second-order valence-corrected chi connectivity index (χ2v) is 5.24. The van der Waals surface area contributed by atoms with Crippen LogP contribution in [0.2, 0.25) is 0 Å². The highest BCUT2D eigenvalue weighted by molar-refractivity contribution is 5.73. The number of nitriles is 1. The average molecular weight is 317 g/mol. The van der Waals surface area contributed by atoms with E-state index in [4.69, 9.17) is 16.2 Å². The minimum absolute atomic E-state index is 0.0291. The molecule has 0 radical (unpaired) electrons. The predicted octanol–water partition coefficient (Wildman–Crippen LogP) is 3.28. The van der Waals surface area contributed by atoms with Crippen molar-refractivity contribution in [1.29, 1.82) is 5.26 Å². The van der Waals surface area contributed by atoms with Crippen LogP contribution in [-0.2, 0) is 0 Å². The number of benzene rings is 2. The molecule has 0 fully saturated rings. The van der Waals surface area contributed by atoms with Crippen molar-refractivity contribution in [3.05, 3.63) is 59.7 Å². The maximum Gasteiger partial charge on any atom is 0.222 e. The van der Waals surface area contributed by atoms with Crippen molar-refractivity contribution in [3.63, 3.8) is 0 Å². The molecule has 1 aromatic heterocycles.